The van der Waals surface area contributed by atoms with Crippen LogP contribution in [0.15, 0.2) is 18.2 Å². The number of nitrogens with one attached hydrogen (secondary N) is 1. The maximum absolute atomic E-state index is 9.36. The number of rotatable bonds is 2. The summed E-state index contributed by atoms with van der Waals surface area (Å²) in [6.45, 7) is 2.14. The van der Waals surface area contributed by atoms with Crippen LogP contribution in [-0.2, 0) is 6.54 Å². The lowest BCUT2D eigenvalue weighted by Crippen LogP contribution is -1.97. The van der Waals surface area contributed by atoms with Crippen molar-refractivity contribution in [3.8, 4) is 0 Å². The Morgan fingerprint density at radius 3 is 2.87 bits per heavy atom. The zero-order valence-corrected chi connectivity index (χ0v) is 9.21. The number of hydrogen-bond acceptors (Lipinski definition) is 3. The number of aliphatic hydroxyl groups is 1. The highest BCUT2D eigenvalue weighted by atomic mass is 35.5. The quantitative estimate of drug-likeness (QED) is 0.728. The van der Waals surface area contributed by atoms with Crippen LogP contribution in [0.4, 0.5) is 0 Å². The molecule has 0 saturated heterocycles. The van der Waals surface area contributed by atoms with Crippen molar-refractivity contribution in [3.05, 3.63) is 29.6 Å². The molecule has 15 heavy (non-hydrogen) atoms. The van der Waals surface area contributed by atoms with Crippen molar-refractivity contribution in [1.29, 1.82) is 0 Å². The minimum absolute atomic E-state index is 0. The molecule has 0 bridgehead atoms. The molecule has 0 saturated carbocycles. The second kappa shape index (κ2) is 4.61. The van der Waals surface area contributed by atoms with E-state index in [0.717, 1.165) is 16.6 Å². The van der Waals surface area contributed by atoms with Gasteiger partial charge < -0.3 is 15.8 Å². The van der Waals surface area contributed by atoms with E-state index in [4.69, 9.17) is 5.73 Å². The molecule has 4 nitrogen and oxygen atoms in total. The second-order valence-electron chi connectivity index (χ2n) is 3.32. The van der Waals surface area contributed by atoms with E-state index in [9.17, 15) is 5.11 Å². The van der Waals surface area contributed by atoms with Crippen molar-refractivity contribution in [3.63, 3.8) is 0 Å². The smallest absolute Gasteiger partial charge is 0.135 e. The van der Waals surface area contributed by atoms with Crippen molar-refractivity contribution in [1.82, 2.24) is 9.97 Å². The van der Waals surface area contributed by atoms with E-state index in [1.54, 1.807) is 6.92 Å². The molecule has 0 radical (unpaired) electrons. The lowest BCUT2D eigenvalue weighted by Gasteiger charge is -1.96. The van der Waals surface area contributed by atoms with Crippen molar-refractivity contribution in [2.24, 2.45) is 5.73 Å². The molecule has 4 N–H and O–H groups in total. The molecule has 0 fully saturated rings. The Hall–Kier alpha value is -1.10. The van der Waals surface area contributed by atoms with Crippen LogP contribution in [0.25, 0.3) is 11.0 Å². The highest BCUT2D eigenvalue weighted by molar-refractivity contribution is 5.85. The molecule has 2 aromatic rings. The third-order valence-corrected chi connectivity index (χ3v) is 2.23. The number of halogens is 1. The predicted octanol–water partition coefficient (Wildman–Crippen LogP) is 1.50. The number of aliphatic hydroxyl groups excluding tert-OH is 1. The maximum atomic E-state index is 9.36. The monoisotopic (exact) mass is 227 g/mol. The van der Waals surface area contributed by atoms with Crippen molar-refractivity contribution in [2.75, 3.05) is 0 Å². The molecule has 5 heteroatoms. The standard InChI is InChI=1S/C10H13N3O.ClH/c1-6(14)10-12-8-4-2-3-7(5-11)9(8)13-10;/h2-4,6,14H,5,11H2,1H3,(H,12,13);1H/t6-;/m0./s1. The van der Waals surface area contributed by atoms with Crippen LogP contribution in [0.1, 0.15) is 24.4 Å². The molecule has 1 heterocycles. The number of para-hydroxylation sites is 1. The summed E-state index contributed by atoms with van der Waals surface area (Å²) >= 11 is 0. The van der Waals surface area contributed by atoms with E-state index in [2.05, 4.69) is 9.97 Å². The third kappa shape index (κ3) is 2.12. The third-order valence-electron chi connectivity index (χ3n) is 2.23. The SMILES string of the molecule is C[C@H](O)c1nc2c(CN)cccc2[nH]1.Cl. The van der Waals surface area contributed by atoms with Crippen molar-refractivity contribution in [2.45, 2.75) is 19.6 Å². The molecule has 0 aliphatic rings. The Bertz CT molecular complexity index is 453. The largest absolute Gasteiger partial charge is 0.385 e. The van der Waals surface area contributed by atoms with Gasteiger partial charge in [0.15, 0.2) is 0 Å². The summed E-state index contributed by atoms with van der Waals surface area (Å²) in [5.74, 6) is 0.584. The number of benzene rings is 1. The average Bonchev–Trinajstić information content (AvgIpc) is 2.60. The van der Waals surface area contributed by atoms with Crippen LogP contribution in [0.5, 0.6) is 0 Å². The molecule has 1 aromatic carbocycles. The summed E-state index contributed by atoms with van der Waals surface area (Å²) < 4.78 is 0. The Labute approximate surface area is 93.9 Å². The van der Waals surface area contributed by atoms with E-state index in [1.807, 2.05) is 18.2 Å². The number of aromatic nitrogens is 2. The number of imidazole rings is 1. The molecule has 0 amide bonds. The minimum atomic E-state index is -0.576. The number of H-pyrrole nitrogens is 1. The first-order chi connectivity index (χ1) is 6.72. The molecule has 1 atom stereocenters. The number of hydrogen-bond donors (Lipinski definition) is 3. The fourth-order valence-electron chi connectivity index (χ4n) is 1.47. The molecular weight excluding hydrogens is 214 g/mol. The van der Waals surface area contributed by atoms with Crippen molar-refractivity contribution >= 4 is 23.4 Å². The Balaban J connectivity index is 0.00000112. The van der Waals surface area contributed by atoms with Gasteiger partial charge in [0.1, 0.15) is 11.9 Å². The van der Waals surface area contributed by atoms with Gasteiger partial charge in [-0.25, -0.2) is 4.98 Å². The highest BCUT2D eigenvalue weighted by Crippen LogP contribution is 2.18. The Kier molecular flexibility index (Phi) is 3.68. The second-order valence-corrected chi connectivity index (χ2v) is 3.32. The zero-order valence-electron chi connectivity index (χ0n) is 8.40. The fraction of sp³-hybridized carbons (Fsp3) is 0.300. The zero-order chi connectivity index (χ0) is 10.1. The summed E-state index contributed by atoms with van der Waals surface area (Å²) in [5, 5.41) is 9.36. The molecule has 0 aliphatic heterocycles. The number of nitrogens with zero attached hydrogens (tertiary/aromatic N) is 1. The Morgan fingerprint density at radius 1 is 1.53 bits per heavy atom. The van der Waals surface area contributed by atoms with Gasteiger partial charge in [-0.2, -0.15) is 0 Å². The van der Waals surface area contributed by atoms with Gasteiger partial charge in [-0.05, 0) is 18.6 Å². The van der Waals surface area contributed by atoms with E-state index in [-0.39, 0.29) is 12.4 Å². The van der Waals surface area contributed by atoms with Crippen LogP contribution in [0, 0.1) is 0 Å². The van der Waals surface area contributed by atoms with Gasteiger partial charge in [0.2, 0.25) is 0 Å². The average molecular weight is 228 g/mol. The summed E-state index contributed by atoms with van der Waals surface area (Å²) in [4.78, 5) is 7.35. The van der Waals surface area contributed by atoms with Gasteiger partial charge in [0.25, 0.3) is 0 Å². The predicted molar refractivity (Wildman–Crippen MR) is 61.9 cm³/mol. The first-order valence-corrected chi connectivity index (χ1v) is 4.58. The first kappa shape index (κ1) is 12.0. The summed E-state index contributed by atoms with van der Waals surface area (Å²) in [7, 11) is 0. The lowest BCUT2D eigenvalue weighted by molar-refractivity contribution is 0.190. The normalized spacial score (nSPS) is 12.5. The molecule has 82 valence electrons. The van der Waals surface area contributed by atoms with Crippen LogP contribution in [0.2, 0.25) is 0 Å². The van der Waals surface area contributed by atoms with Gasteiger partial charge in [-0.3, -0.25) is 0 Å². The van der Waals surface area contributed by atoms with Gasteiger partial charge in [0, 0.05) is 6.54 Å². The van der Waals surface area contributed by atoms with Crippen LogP contribution >= 0.6 is 12.4 Å². The number of nitrogens with two attached hydrogens (primary N) is 1. The highest BCUT2D eigenvalue weighted by Gasteiger charge is 2.09. The van der Waals surface area contributed by atoms with E-state index in [0.29, 0.717) is 12.4 Å². The topological polar surface area (TPSA) is 74.9 Å². The molecular formula is C10H14ClN3O. The van der Waals surface area contributed by atoms with Gasteiger partial charge in [-0.1, -0.05) is 12.1 Å². The van der Waals surface area contributed by atoms with Gasteiger partial charge >= 0.3 is 0 Å². The van der Waals surface area contributed by atoms with Crippen molar-refractivity contribution < 1.29 is 5.11 Å². The lowest BCUT2D eigenvalue weighted by atomic mass is 10.2. The summed E-state index contributed by atoms with van der Waals surface area (Å²) in [5.41, 5.74) is 8.35. The number of fused-ring (bicyclic) bond motifs is 1. The minimum Gasteiger partial charge on any atom is -0.385 e. The number of aromatic amines is 1. The van der Waals surface area contributed by atoms with E-state index >= 15 is 0 Å². The fourth-order valence-corrected chi connectivity index (χ4v) is 1.47. The van der Waals surface area contributed by atoms with Crippen LogP contribution in [0.3, 0.4) is 0 Å². The first-order valence-electron chi connectivity index (χ1n) is 4.58. The molecule has 0 aliphatic carbocycles. The van der Waals surface area contributed by atoms with E-state index in [1.165, 1.54) is 0 Å². The van der Waals surface area contributed by atoms with Gasteiger partial charge in [0.05, 0.1) is 11.0 Å². The molecule has 2 rings (SSSR count). The van der Waals surface area contributed by atoms with E-state index < -0.39 is 6.10 Å². The Morgan fingerprint density at radius 2 is 2.27 bits per heavy atom. The summed E-state index contributed by atoms with van der Waals surface area (Å²) in [6.07, 6.45) is -0.576. The molecule has 0 unspecified atom stereocenters. The molecule has 1 aromatic heterocycles. The molecule has 0 spiro atoms. The maximum Gasteiger partial charge on any atom is 0.135 e. The van der Waals surface area contributed by atoms with Crippen LogP contribution in [-0.4, -0.2) is 15.1 Å². The van der Waals surface area contributed by atoms with Gasteiger partial charge in [-0.15, -0.1) is 12.4 Å². The summed E-state index contributed by atoms with van der Waals surface area (Å²) in [6, 6.07) is 5.79. The van der Waals surface area contributed by atoms with Crippen LogP contribution < -0.4 is 5.73 Å².